The number of hydrogen-bond acceptors (Lipinski definition) is 3. The van der Waals surface area contributed by atoms with E-state index in [1.807, 2.05) is 18.7 Å². The summed E-state index contributed by atoms with van der Waals surface area (Å²) in [6, 6.07) is 6.71. The van der Waals surface area contributed by atoms with Gasteiger partial charge in [0.25, 0.3) is 0 Å². The standard InChI is InChI=1S/C18H29N3O3S/c1-3-21(4-2)25(23,24)17-11-9-16(10-12-17)15-19-18(22)20-13-7-5-6-8-14-20/h9-12H,3-8,13-15H2,1-2H3,(H,19,22). The minimum Gasteiger partial charge on any atom is -0.334 e. The van der Waals surface area contributed by atoms with Crippen molar-refractivity contribution >= 4 is 16.1 Å². The summed E-state index contributed by atoms with van der Waals surface area (Å²) in [5.74, 6) is 0. The van der Waals surface area contributed by atoms with Gasteiger partial charge in [0.1, 0.15) is 0 Å². The molecule has 0 atom stereocenters. The molecule has 7 heteroatoms. The van der Waals surface area contributed by atoms with Gasteiger partial charge in [0, 0.05) is 32.7 Å². The van der Waals surface area contributed by atoms with Gasteiger partial charge in [-0.15, -0.1) is 0 Å². The Labute approximate surface area is 151 Å². The Kier molecular flexibility index (Phi) is 7.25. The first kappa shape index (κ1) is 19.7. The lowest BCUT2D eigenvalue weighted by molar-refractivity contribution is 0.199. The highest BCUT2D eigenvalue weighted by Gasteiger charge is 2.21. The zero-order chi connectivity index (χ0) is 18.3. The molecule has 2 rings (SSSR count). The van der Waals surface area contributed by atoms with E-state index in [4.69, 9.17) is 0 Å². The summed E-state index contributed by atoms with van der Waals surface area (Å²) in [4.78, 5) is 14.4. The lowest BCUT2D eigenvalue weighted by atomic mass is 10.2. The van der Waals surface area contributed by atoms with Crippen molar-refractivity contribution in [1.29, 1.82) is 0 Å². The second-order valence-electron chi connectivity index (χ2n) is 6.29. The second kappa shape index (κ2) is 9.20. The highest BCUT2D eigenvalue weighted by atomic mass is 32.2. The van der Waals surface area contributed by atoms with Crippen molar-refractivity contribution in [2.45, 2.75) is 51.0 Å². The SMILES string of the molecule is CCN(CC)S(=O)(=O)c1ccc(CNC(=O)N2CCCCCC2)cc1. The number of hydrogen-bond donors (Lipinski definition) is 1. The number of rotatable bonds is 6. The van der Waals surface area contributed by atoms with Crippen molar-refractivity contribution in [1.82, 2.24) is 14.5 Å². The zero-order valence-corrected chi connectivity index (χ0v) is 16.0. The highest BCUT2D eigenvalue weighted by Crippen LogP contribution is 2.16. The van der Waals surface area contributed by atoms with Crippen LogP contribution in [0.3, 0.4) is 0 Å². The normalized spacial score (nSPS) is 15.9. The van der Waals surface area contributed by atoms with Crippen LogP contribution >= 0.6 is 0 Å². The molecule has 1 heterocycles. The minimum absolute atomic E-state index is 0.0401. The Morgan fingerprint density at radius 3 is 2.12 bits per heavy atom. The van der Waals surface area contributed by atoms with Crippen LogP contribution < -0.4 is 5.32 Å². The Morgan fingerprint density at radius 1 is 1.04 bits per heavy atom. The average Bonchev–Trinajstić information content (AvgIpc) is 2.90. The van der Waals surface area contributed by atoms with E-state index in [0.717, 1.165) is 31.5 Å². The van der Waals surface area contributed by atoms with Crippen molar-refractivity contribution in [3.05, 3.63) is 29.8 Å². The molecule has 0 aromatic heterocycles. The van der Waals surface area contributed by atoms with Gasteiger partial charge in [0.05, 0.1) is 4.90 Å². The van der Waals surface area contributed by atoms with Crippen molar-refractivity contribution in [3.8, 4) is 0 Å². The van der Waals surface area contributed by atoms with Gasteiger partial charge in [-0.2, -0.15) is 4.31 Å². The first-order valence-corrected chi connectivity index (χ1v) is 10.5. The molecule has 1 aromatic carbocycles. The summed E-state index contributed by atoms with van der Waals surface area (Å²) in [5.41, 5.74) is 0.890. The maximum Gasteiger partial charge on any atom is 0.317 e. The number of nitrogens with one attached hydrogen (secondary N) is 1. The third-order valence-electron chi connectivity index (χ3n) is 4.60. The van der Waals surface area contributed by atoms with Crippen LogP contribution in [0.25, 0.3) is 0 Å². The molecule has 1 saturated heterocycles. The lowest BCUT2D eigenvalue weighted by Crippen LogP contribution is -2.40. The maximum atomic E-state index is 12.5. The average molecular weight is 368 g/mol. The summed E-state index contributed by atoms with van der Waals surface area (Å²) in [6.45, 7) is 6.58. The van der Waals surface area contributed by atoms with Crippen LogP contribution in [0.4, 0.5) is 4.79 Å². The fourth-order valence-corrected chi connectivity index (χ4v) is 4.51. The molecule has 0 spiro atoms. The Bertz CT molecular complexity index is 647. The van der Waals surface area contributed by atoms with Crippen molar-refractivity contribution < 1.29 is 13.2 Å². The van der Waals surface area contributed by atoms with E-state index in [2.05, 4.69) is 5.32 Å². The molecule has 2 amide bonds. The number of nitrogens with zero attached hydrogens (tertiary/aromatic N) is 2. The molecule has 6 nitrogen and oxygen atoms in total. The molecular formula is C18H29N3O3S. The quantitative estimate of drug-likeness (QED) is 0.840. The van der Waals surface area contributed by atoms with E-state index in [0.29, 0.717) is 24.5 Å². The van der Waals surface area contributed by atoms with Crippen LogP contribution in [0.5, 0.6) is 0 Å². The molecule has 0 bridgehead atoms. The maximum absolute atomic E-state index is 12.5. The van der Waals surface area contributed by atoms with Crippen LogP contribution in [0.2, 0.25) is 0 Å². The van der Waals surface area contributed by atoms with Gasteiger partial charge in [0.2, 0.25) is 10.0 Å². The van der Waals surface area contributed by atoms with Gasteiger partial charge in [-0.05, 0) is 30.5 Å². The molecule has 1 aliphatic heterocycles. The molecule has 1 N–H and O–H groups in total. The molecule has 25 heavy (non-hydrogen) atoms. The molecule has 1 fully saturated rings. The predicted molar refractivity (Wildman–Crippen MR) is 98.8 cm³/mol. The van der Waals surface area contributed by atoms with E-state index in [1.54, 1.807) is 24.3 Å². The van der Waals surface area contributed by atoms with E-state index in [1.165, 1.54) is 17.1 Å². The van der Waals surface area contributed by atoms with Gasteiger partial charge >= 0.3 is 6.03 Å². The first-order chi connectivity index (χ1) is 12.0. The monoisotopic (exact) mass is 367 g/mol. The van der Waals surface area contributed by atoms with Crippen LogP contribution in [0, 0.1) is 0 Å². The van der Waals surface area contributed by atoms with Gasteiger partial charge in [-0.3, -0.25) is 0 Å². The minimum atomic E-state index is -3.43. The molecule has 0 radical (unpaired) electrons. The van der Waals surface area contributed by atoms with Crippen LogP contribution in [0.1, 0.15) is 45.1 Å². The highest BCUT2D eigenvalue weighted by molar-refractivity contribution is 7.89. The smallest absolute Gasteiger partial charge is 0.317 e. The van der Waals surface area contributed by atoms with Crippen LogP contribution in [0.15, 0.2) is 29.2 Å². The topological polar surface area (TPSA) is 69.7 Å². The van der Waals surface area contributed by atoms with E-state index < -0.39 is 10.0 Å². The second-order valence-corrected chi connectivity index (χ2v) is 8.23. The Morgan fingerprint density at radius 2 is 1.60 bits per heavy atom. The van der Waals surface area contributed by atoms with Crippen molar-refractivity contribution in [3.63, 3.8) is 0 Å². The molecule has 0 saturated carbocycles. The fourth-order valence-electron chi connectivity index (χ4n) is 3.06. The van der Waals surface area contributed by atoms with Crippen molar-refractivity contribution in [2.75, 3.05) is 26.2 Å². The Balaban J connectivity index is 1.95. The van der Waals surface area contributed by atoms with Gasteiger partial charge in [-0.25, -0.2) is 13.2 Å². The number of urea groups is 1. The van der Waals surface area contributed by atoms with Gasteiger partial charge in [0.15, 0.2) is 0 Å². The molecule has 0 aliphatic carbocycles. The summed E-state index contributed by atoms with van der Waals surface area (Å²) in [6.07, 6.45) is 4.50. The number of sulfonamides is 1. The Hall–Kier alpha value is -1.60. The fraction of sp³-hybridized carbons (Fsp3) is 0.611. The molecule has 0 unspecified atom stereocenters. The van der Waals surface area contributed by atoms with Gasteiger partial charge < -0.3 is 10.2 Å². The van der Waals surface area contributed by atoms with E-state index >= 15 is 0 Å². The summed E-state index contributed by atoms with van der Waals surface area (Å²) >= 11 is 0. The van der Waals surface area contributed by atoms with Crippen LogP contribution in [-0.2, 0) is 16.6 Å². The number of benzene rings is 1. The molecule has 140 valence electrons. The lowest BCUT2D eigenvalue weighted by Gasteiger charge is -2.21. The van der Waals surface area contributed by atoms with Crippen molar-refractivity contribution in [2.24, 2.45) is 0 Å². The van der Waals surface area contributed by atoms with E-state index in [-0.39, 0.29) is 6.03 Å². The molecule has 1 aliphatic rings. The van der Waals surface area contributed by atoms with Gasteiger partial charge in [-0.1, -0.05) is 38.8 Å². The first-order valence-electron chi connectivity index (χ1n) is 9.11. The summed E-state index contributed by atoms with van der Waals surface area (Å²) in [5, 5.41) is 2.93. The summed E-state index contributed by atoms with van der Waals surface area (Å²) in [7, 11) is -3.43. The summed E-state index contributed by atoms with van der Waals surface area (Å²) < 4.78 is 26.4. The number of amides is 2. The number of carbonyl (C=O) groups is 1. The largest absolute Gasteiger partial charge is 0.334 e. The molecule has 1 aromatic rings. The third kappa shape index (κ3) is 5.19. The number of carbonyl (C=O) groups excluding carboxylic acids is 1. The number of likely N-dealkylation sites (tertiary alicyclic amines) is 1. The molecular weight excluding hydrogens is 338 g/mol. The van der Waals surface area contributed by atoms with E-state index in [9.17, 15) is 13.2 Å². The zero-order valence-electron chi connectivity index (χ0n) is 15.2. The van der Waals surface area contributed by atoms with Crippen LogP contribution in [-0.4, -0.2) is 49.8 Å². The predicted octanol–water partition coefficient (Wildman–Crippen LogP) is 2.80. The third-order valence-corrected chi connectivity index (χ3v) is 6.67.